The molecule has 0 aromatic heterocycles. The van der Waals surface area contributed by atoms with Crippen LogP contribution in [0.5, 0.6) is 0 Å². The first-order valence-corrected chi connectivity index (χ1v) is 6.63. The third-order valence-electron chi connectivity index (χ3n) is 2.83. The van der Waals surface area contributed by atoms with Gasteiger partial charge < -0.3 is 10.1 Å². The lowest BCUT2D eigenvalue weighted by molar-refractivity contribution is 0.125. The van der Waals surface area contributed by atoms with Gasteiger partial charge in [0, 0.05) is 19.7 Å². The first kappa shape index (κ1) is 15.1. The van der Waals surface area contributed by atoms with Crippen LogP contribution in [0.25, 0.3) is 0 Å². The SMILES string of the molecule is Cc1ccc(CNCCOCCC(C)C)cc1F. The Morgan fingerprint density at radius 2 is 2.06 bits per heavy atom. The van der Waals surface area contributed by atoms with E-state index in [9.17, 15) is 4.39 Å². The molecule has 0 aliphatic heterocycles. The van der Waals surface area contributed by atoms with Crippen LogP contribution in [0.1, 0.15) is 31.4 Å². The summed E-state index contributed by atoms with van der Waals surface area (Å²) in [7, 11) is 0. The first-order valence-electron chi connectivity index (χ1n) is 6.63. The summed E-state index contributed by atoms with van der Waals surface area (Å²) in [6, 6.07) is 5.35. The highest BCUT2D eigenvalue weighted by Crippen LogP contribution is 2.08. The first-order chi connectivity index (χ1) is 8.59. The molecule has 0 amide bonds. The average Bonchev–Trinajstić information content (AvgIpc) is 2.32. The summed E-state index contributed by atoms with van der Waals surface area (Å²) in [6.45, 7) is 9.16. The van der Waals surface area contributed by atoms with Crippen molar-refractivity contribution < 1.29 is 9.13 Å². The molecule has 0 unspecified atom stereocenters. The molecule has 0 heterocycles. The van der Waals surface area contributed by atoms with Gasteiger partial charge >= 0.3 is 0 Å². The molecule has 0 atom stereocenters. The average molecular weight is 253 g/mol. The van der Waals surface area contributed by atoms with E-state index in [4.69, 9.17) is 4.74 Å². The van der Waals surface area contributed by atoms with Crippen LogP contribution in [0.15, 0.2) is 18.2 Å². The molecule has 1 aromatic rings. The molecule has 1 N–H and O–H groups in total. The maximum atomic E-state index is 13.3. The van der Waals surface area contributed by atoms with E-state index < -0.39 is 0 Å². The predicted octanol–water partition coefficient (Wildman–Crippen LogP) is 3.29. The Morgan fingerprint density at radius 1 is 1.28 bits per heavy atom. The van der Waals surface area contributed by atoms with Gasteiger partial charge in [0.15, 0.2) is 0 Å². The van der Waals surface area contributed by atoms with Crippen LogP contribution in [0.3, 0.4) is 0 Å². The van der Waals surface area contributed by atoms with Crippen LogP contribution < -0.4 is 5.32 Å². The number of rotatable bonds is 8. The van der Waals surface area contributed by atoms with Crippen LogP contribution >= 0.6 is 0 Å². The lowest BCUT2D eigenvalue weighted by Crippen LogP contribution is -2.19. The Labute approximate surface area is 110 Å². The molecule has 0 bridgehead atoms. The predicted molar refractivity (Wildman–Crippen MR) is 73.1 cm³/mol. The van der Waals surface area contributed by atoms with E-state index >= 15 is 0 Å². The van der Waals surface area contributed by atoms with E-state index in [1.807, 2.05) is 12.1 Å². The highest BCUT2D eigenvalue weighted by atomic mass is 19.1. The second-order valence-corrected chi connectivity index (χ2v) is 5.06. The number of ether oxygens (including phenoxy) is 1. The molecule has 1 aromatic carbocycles. The molecule has 1 rings (SSSR count). The van der Waals surface area contributed by atoms with Gasteiger partial charge in [0.05, 0.1) is 6.61 Å². The monoisotopic (exact) mass is 253 g/mol. The molecule has 102 valence electrons. The molecule has 3 heteroatoms. The molecule has 0 fully saturated rings. The summed E-state index contributed by atoms with van der Waals surface area (Å²) in [5.74, 6) is 0.552. The van der Waals surface area contributed by atoms with E-state index in [1.54, 1.807) is 13.0 Å². The van der Waals surface area contributed by atoms with Crippen molar-refractivity contribution in [2.24, 2.45) is 5.92 Å². The molecule has 0 spiro atoms. The van der Waals surface area contributed by atoms with Crippen LogP contribution in [0, 0.1) is 18.7 Å². The van der Waals surface area contributed by atoms with Crippen molar-refractivity contribution >= 4 is 0 Å². The molecular weight excluding hydrogens is 229 g/mol. The van der Waals surface area contributed by atoms with Crippen molar-refractivity contribution in [3.05, 3.63) is 35.1 Å². The van der Waals surface area contributed by atoms with Gasteiger partial charge in [-0.25, -0.2) is 4.39 Å². The number of hydrogen-bond acceptors (Lipinski definition) is 2. The molecule has 2 nitrogen and oxygen atoms in total. The second-order valence-electron chi connectivity index (χ2n) is 5.06. The quantitative estimate of drug-likeness (QED) is 0.718. The molecular formula is C15H24FNO. The van der Waals surface area contributed by atoms with Crippen LogP contribution in [0.4, 0.5) is 4.39 Å². The van der Waals surface area contributed by atoms with Gasteiger partial charge in [-0.05, 0) is 36.5 Å². The molecule has 0 saturated heterocycles. The van der Waals surface area contributed by atoms with Crippen molar-refractivity contribution in [1.82, 2.24) is 5.32 Å². The zero-order valence-electron chi connectivity index (χ0n) is 11.6. The Bertz CT molecular complexity index is 352. The van der Waals surface area contributed by atoms with Crippen LogP contribution in [-0.4, -0.2) is 19.8 Å². The van der Waals surface area contributed by atoms with E-state index in [1.165, 1.54) is 0 Å². The standard InChI is InChI=1S/C15H24FNO/c1-12(2)6-8-18-9-7-17-11-14-5-4-13(3)15(16)10-14/h4-5,10,12,17H,6-9,11H2,1-3H3. The normalized spacial score (nSPS) is 11.2. The van der Waals surface area contributed by atoms with Crippen molar-refractivity contribution in [2.75, 3.05) is 19.8 Å². The maximum Gasteiger partial charge on any atom is 0.126 e. The topological polar surface area (TPSA) is 21.3 Å². The fourth-order valence-corrected chi connectivity index (χ4v) is 1.54. The van der Waals surface area contributed by atoms with Gasteiger partial charge in [-0.3, -0.25) is 0 Å². The van der Waals surface area contributed by atoms with E-state index in [2.05, 4.69) is 19.2 Å². The van der Waals surface area contributed by atoms with Gasteiger partial charge in [-0.1, -0.05) is 26.0 Å². The third-order valence-corrected chi connectivity index (χ3v) is 2.83. The summed E-state index contributed by atoms with van der Waals surface area (Å²) >= 11 is 0. The number of hydrogen-bond donors (Lipinski definition) is 1. The fourth-order valence-electron chi connectivity index (χ4n) is 1.54. The Kier molecular flexibility index (Phi) is 6.91. The molecule has 18 heavy (non-hydrogen) atoms. The molecule has 0 aliphatic carbocycles. The van der Waals surface area contributed by atoms with Gasteiger partial charge in [-0.15, -0.1) is 0 Å². The minimum absolute atomic E-state index is 0.137. The smallest absolute Gasteiger partial charge is 0.126 e. The zero-order valence-corrected chi connectivity index (χ0v) is 11.6. The summed E-state index contributed by atoms with van der Waals surface area (Å²) in [5.41, 5.74) is 1.66. The number of nitrogens with one attached hydrogen (secondary N) is 1. The summed E-state index contributed by atoms with van der Waals surface area (Å²) in [6.07, 6.45) is 1.10. The van der Waals surface area contributed by atoms with Crippen LogP contribution in [0.2, 0.25) is 0 Å². The van der Waals surface area contributed by atoms with Crippen molar-refractivity contribution in [3.63, 3.8) is 0 Å². The number of halogens is 1. The van der Waals surface area contributed by atoms with Gasteiger partial charge in [0.1, 0.15) is 5.82 Å². The van der Waals surface area contributed by atoms with Gasteiger partial charge in [0.2, 0.25) is 0 Å². The highest BCUT2D eigenvalue weighted by molar-refractivity contribution is 5.23. The van der Waals surface area contributed by atoms with E-state index in [0.717, 1.165) is 25.1 Å². The summed E-state index contributed by atoms with van der Waals surface area (Å²) in [4.78, 5) is 0. The minimum Gasteiger partial charge on any atom is -0.380 e. The summed E-state index contributed by atoms with van der Waals surface area (Å²) < 4.78 is 18.8. The zero-order chi connectivity index (χ0) is 13.4. The Balaban J connectivity index is 2.09. The maximum absolute atomic E-state index is 13.3. The van der Waals surface area contributed by atoms with Gasteiger partial charge in [0.25, 0.3) is 0 Å². The van der Waals surface area contributed by atoms with Crippen LogP contribution in [-0.2, 0) is 11.3 Å². The number of aryl methyl sites for hydroxylation is 1. The lowest BCUT2D eigenvalue weighted by atomic mass is 10.1. The van der Waals surface area contributed by atoms with Crippen molar-refractivity contribution in [3.8, 4) is 0 Å². The lowest BCUT2D eigenvalue weighted by Gasteiger charge is -2.08. The molecule has 0 aliphatic rings. The largest absolute Gasteiger partial charge is 0.380 e. The Hall–Kier alpha value is -0.930. The second kappa shape index (κ2) is 8.22. The minimum atomic E-state index is -0.137. The molecule has 0 radical (unpaired) electrons. The Morgan fingerprint density at radius 3 is 2.72 bits per heavy atom. The van der Waals surface area contributed by atoms with Gasteiger partial charge in [-0.2, -0.15) is 0 Å². The third kappa shape index (κ3) is 6.12. The highest BCUT2D eigenvalue weighted by Gasteiger charge is 1.99. The fraction of sp³-hybridized carbons (Fsp3) is 0.600. The van der Waals surface area contributed by atoms with E-state index in [-0.39, 0.29) is 5.82 Å². The van der Waals surface area contributed by atoms with Crippen molar-refractivity contribution in [1.29, 1.82) is 0 Å². The summed E-state index contributed by atoms with van der Waals surface area (Å²) in [5, 5.41) is 3.24. The molecule has 0 saturated carbocycles. The number of benzene rings is 1. The van der Waals surface area contributed by atoms with E-state index in [0.29, 0.717) is 24.6 Å². The van der Waals surface area contributed by atoms with Crippen molar-refractivity contribution in [2.45, 2.75) is 33.7 Å².